The van der Waals surface area contributed by atoms with Gasteiger partial charge in [-0.1, -0.05) is 0 Å². The minimum atomic E-state index is -0.490. The van der Waals surface area contributed by atoms with Crippen molar-refractivity contribution in [1.29, 1.82) is 5.26 Å². The Morgan fingerprint density at radius 3 is 2.56 bits per heavy atom. The van der Waals surface area contributed by atoms with Crippen LogP contribution in [0.5, 0.6) is 0 Å². The molecule has 0 spiro atoms. The van der Waals surface area contributed by atoms with E-state index in [1.54, 1.807) is 41.2 Å². The molecule has 0 amide bonds. The van der Waals surface area contributed by atoms with Gasteiger partial charge in [0, 0.05) is 18.5 Å². The fourth-order valence-electron chi connectivity index (χ4n) is 1.45. The average molecular weight is 213 g/mol. The van der Waals surface area contributed by atoms with Gasteiger partial charge < -0.3 is 4.57 Å². The van der Waals surface area contributed by atoms with Crippen LogP contribution in [0.25, 0.3) is 5.69 Å². The third-order valence-corrected chi connectivity index (χ3v) is 2.18. The molecule has 78 valence electrons. The van der Waals surface area contributed by atoms with Crippen LogP contribution in [-0.2, 0) is 0 Å². The molecule has 0 fully saturated rings. The summed E-state index contributed by atoms with van der Waals surface area (Å²) >= 11 is 0. The van der Waals surface area contributed by atoms with Gasteiger partial charge in [0.2, 0.25) is 0 Å². The molecule has 16 heavy (non-hydrogen) atoms. The predicted molar refractivity (Wildman–Crippen MR) is 57.1 cm³/mol. The highest BCUT2D eigenvalue weighted by Crippen LogP contribution is 2.23. The zero-order valence-electron chi connectivity index (χ0n) is 8.20. The van der Waals surface area contributed by atoms with Crippen molar-refractivity contribution in [2.75, 3.05) is 0 Å². The molecule has 0 aliphatic rings. The summed E-state index contributed by atoms with van der Waals surface area (Å²) in [6, 6.07) is 9.84. The van der Waals surface area contributed by atoms with Gasteiger partial charge in [0.1, 0.15) is 5.69 Å². The summed E-state index contributed by atoms with van der Waals surface area (Å²) in [5, 5.41) is 19.6. The van der Waals surface area contributed by atoms with Crippen molar-refractivity contribution in [2.45, 2.75) is 0 Å². The molecule has 0 aliphatic carbocycles. The van der Waals surface area contributed by atoms with Crippen LogP contribution < -0.4 is 0 Å². The average Bonchev–Trinajstić information content (AvgIpc) is 2.81. The molecule has 0 saturated carbocycles. The van der Waals surface area contributed by atoms with E-state index in [2.05, 4.69) is 0 Å². The van der Waals surface area contributed by atoms with E-state index >= 15 is 0 Å². The summed E-state index contributed by atoms with van der Waals surface area (Å²) in [6.45, 7) is 0. The van der Waals surface area contributed by atoms with Crippen molar-refractivity contribution >= 4 is 5.69 Å². The van der Waals surface area contributed by atoms with Gasteiger partial charge in [-0.15, -0.1) is 0 Å². The van der Waals surface area contributed by atoms with E-state index in [0.717, 1.165) is 0 Å². The standard InChI is InChI=1S/C11H7N3O2/c12-8-9-3-4-10(11(7-9)14(15)16)13-5-1-2-6-13/h1-7H. The van der Waals surface area contributed by atoms with Gasteiger partial charge in [-0.3, -0.25) is 10.1 Å². The number of nitrogens with zero attached hydrogens (tertiary/aromatic N) is 3. The monoisotopic (exact) mass is 213 g/mol. The molecule has 0 unspecified atom stereocenters. The Kier molecular flexibility index (Phi) is 2.40. The second-order valence-electron chi connectivity index (χ2n) is 3.16. The molecule has 2 aromatic rings. The van der Waals surface area contributed by atoms with Gasteiger partial charge in [0.15, 0.2) is 0 Å². The number of rotatable bonds is 2. The van der Waals surface area contributed by atoms with Crippen molar-refractivity contribution in [2.24, 2.45) is 0 Å². The summed E-state index contributed by atoms with van der Waals surface area (Å²) < 4.78 is 1.64. The Bertz CT molecular complexity index is 567. The highest BCUT2D eigenvalue weighted by Gasteiger charge is 2.15. The number of nitro benzene ring substituents is 1. The van der Waals surface area contributed by atoms with E-state index in [1.165, 1.54) is 6.07 Å². The van der Waals surface area contributed by atoms with Crippen LogP contribution in [0.2, 0.25) is 0 Å². The van der Waals surface area contributed by atoms with Gasteiger partial charge in [-0.25, -0.2) is 0 Å². The maximum absolute atomic E-state index is 10.9. The summed E-state index contributed by atoms with van der Waals surface area (Å²) in [4.78, 5) is 10.4. The Labute approximate surface area is 91.3 Å². The van der Waals surface area contributed by atoms with E-state index in [0.29, 0.717) is 5.69 Å². The molecule has 0 N–H and O–H groups in total. The van der Waals surface area contributed by atoms with Gasteiger partial charge >= 0.3 is 0 Å². The van der Waals surface area contributed by atoms with Crippen molar-refractivity contribution < 1.29 is 4.92 Å². The molecule has 0 saturated heterocycles. The predicted octanol–water partition coefficient (Wildman–Crippen LogP) is 2.26. The summed E-state index contributed by atoms with van der Waals surface area (Å²) in [5.74, 6) is 0. The van der Waals surface area contributed by atoms with Crippen LogP contribution in [0, 0.1) is 21.4 Å². The van der Waals surface area contributed by atoms with Crippen LogP contribution in [0.4, 0.5) is 5.69 Å². The smallest absolute Gasteiger partial charge is 0.294 e. The van der Waals surface area contributed by atoms with Crippen LogP contribution in [0.15, 0.2) is 42.7 Å². The SMILES string of the molecule is N#Cc1ccc(-n2cccc2)c([N+](=O)[O-])c1. The van der Waals surface area contributed by atoms with E-state index < -0.39 is 4.92 Å². The molecule has 0 atom stereocenters. The summed E-state index contributed by atoms with van der Waals surface area (Å²) in [5.41, 5.74) is 0.659. The summed E-state index contributed by atoms with van der Waals surface area (Å²) in [7, 11) is 0. The number of aromatic nitrogens is 1. The fraction of sp³-hybridized carbons (Fsp3) is 0. The lowest BCUT2D eigenvalue weighted by atomic mass is 10.2. The highest BCUT2D eigenvalue weighted by molar-refractivity contribution is 5.56. The Balaban J connectivity index is 2.63. The first-order valence-electron chi connectivity index (χ1n) is 4.54. The zero-order valence-corrected chi connectivity index (χ0v) is 8.20. The maximum atomic E-state index is 10.9. The number of nitro groups is 1. The Morgan fingerprint density at radius 2 is 2.00 bits per heavy atom. The van der Waals surface area contributed by atoms with Gasteiger partial charge in [0.25, 0.3) is 5.69 Å². The van der Waals surface area contributed by atoms with Crippen LogP contribution >= 0.6 is 0 Å². The van der Waals surface area contributed by atoms with Crippen LogP contribution in [0.3, 0.4) is 0 Å². The zero-order chi connectivity index (χ0) is 11.5. The van der Waals surface area contributed by atoms with Crippen molar-refractivity contribution in [3.63, 3.8) is 0 Å². The third-order valence-electron chi connectivity index (χ3n) is 2.18. The maximum Gasteiger partial charge on any atom is 0.294 e. The molecule has 5 heteroatoms. The fourth-order valence-corrected chi connectivity index (χ4v) is 1.45. The molecule has 0 radical (unpaired) electrons. The minimum absolute atomic E-state index is 0.0738. The third kappa shape index (κ3) is 1.64. The van der Waals surface area contributed by atoms with Gasteiger partial charge in [0.05, 0.1) is 16.6 Å². The van der Waals surface area contributed by atoms with Crippen LogP contribution in [0.1, 0.15) is 5.56 Å². The highest BCUT2D eigenvalue weighted by atomic mass is 16.6. The van der Waals surface area contributed by atoms with E-state index in [-0.39, 0.29) is 11.3 Å². The van der Waals surface area contributed by atoms with Gasteiger partial charge in [-0.2, -0.15) is 5.26 Å². The normalized spacial score (nSPS) is 9.69. The quantitative estimate of drug-likeness (QED) is 0.567. The molecule has 1 heterocycles. The lowest BCUT2D eigenvalue weighted by Crippen LogP contribution is -1.98. The van der Waals surface area contributed by atoms with Crippen molar-refractivity contribution in [3.05, 3.63) is 58.4 Å². The largest absolute Gasteiger partial charge is 0.318 e. The molecule has 5 nitrogen and oxygen atoms in total. The molecular weight excluding hydrogens is 206 g/mol. The molecule has 0 bridgehead atoms. The van der Waals surface area contributed by atoms with Gasteiger partial charge in [-0.05, 0) is 24.3 Å². The number of nitriles is 1. The topological polar surface area (TPSA) is 71.9 Å². The number of hydrogen-bond acceptors (Lipinski definition) is 3. The van der Waals surface area contributed by atoms with Crippen molar-refractivity contribution in [3.8, 4) is 11.8 Å². The van der Waals surface area contributed by atoms with Crippen molar-refractivity contribution in [1.82, 2.24) is 4.57 Å². The molecular formula is C11H7N3O2. The first-order chi connectivity index (χ1) is 7.72. The van der Waals surface area contributed by atoms with E-state index in [1.807, 2.05) is 6.07 Å². The first kappa shape index (κ1) is 9.93. The second kappa shape index (κ2) is 3.87. The molecule has 2 rings (SSSR count). The van der Waals surface area contributed by atoms with Crippen LogP contribution in [-0.4, -0.2) is 9.49 Å². The minimum Gasteiger partial charge on any atom is -0.318 e. The Hall–Kier alpha value is -2.61. The lowest BCUT2D eigenvalue weighted by molar-refractivity contribution is -0.384. The second-order valence-corrected chi connectivity index (χ2v) is 3.16. The summed E-state index contributed by atoms with van der Waals surface area (Å²) in [6.07, 6.45) is 3.43. The van der Waals surface area contributed by atoms with E-state index in [4.69, 9.17) is 5.26 Å². The lowest BCUT2D eigenvalue weighted by Gasteiger charge is -2.03. The Morgan fingerprint density at radius 1 is 1.31 bits per heavy atom. The molecule has 0 aliphatic heterocycles. The molecule has 1 aromatic carbocycles. The first-order valence-corrected chi connectivity index (χ1v) is 4.54. The van der Waals surface area contributed by atoms with E-state index in [9.17, 15) is 10.1 Å². The molecule has 1 aromatic heterocycles. The number of benzene rings is 1. The number of hydrogen-bond donors (Lipinski definition) is 0.